The Morgan fingerprint density at radius 3 is 2.48 bits per heavy atom. The third kappa shape index (κ3) is 6.44. The largest absolute Gasteiger partial charge is 0.463 e. The molecule has 0 unspecified atom stereocenters. The highest BCUT2D eigenvalue weighted by molar-refractivity contribution is 5.97. The molecule has 1 rings (SSSR count). The number of halogens is 2. The van der Waals surface area contributed by atoms with E-state index in [1.807, 2.05) is 13.8 Å². The highest BCUT2D eigenvalue weighted by Gasteiger charge is 2.14. The number of carbonyl (C=O) groups excluding carboxylic acids is 2. The first kappa shape index (κ1) is 17.2. The number of ether oxygens (including phenoxy) is 2. The van der Waals surface area contributed by atoms with Crippen molar-refractivity contribution < 1.29 is 27.8 Å². The van der Waals surface area contributed by atoms with Gasteiger partial charge in [-0.25, -0.2) is 8.78 Å². The minimum absolute atomic E-state index is 0.0479. The van der Waals surface area contributed by atoms with Crippen molar-refractivity contribution in [1.82, 2.24) is 0 Å². The lowest BCUT2D eigenvalue weighted by atomic mass is 10.1. The van der Waals surface area contributed by atoms with Crippen LogP contribution in [0.15, 0.2) is 18.2 Å². The summed E-state index contributed by atoms with van der Waals surface area (Å²) in [6, 6.07) is 2.70. The van der Waals surface area contributed by atoms with Crippen LogP contribution < -0.4 is 0 Å². The second kappa shape index (κ2) is 8.46. The molecule has 4 nitrogen and oxygen atoms in total. The molecule has 116 valence electrons. The molecule has 0 aliphatic carbocycles. The second-order valence-electron chi connectivity index (χ2n) is 4.69. The van der Waals surface area contributed by atoms with Gasteiger partial charge in [-0.1, -0.05) is 0 Å². The van der Waals surface area contributed by atoms with Crippen molar-refractivity contribution in [3.63, 3.8) is 0 Å². The van der Waals surface area contributed by atoms with Crippen molar-refractivity contribution in [2.45, 2.75) is 32.8 Å². The summed E-state index contributed by atoms with van der Waals surface area (Å²) in [5.74, 6) is -2.81. The maximum atomic E-state index is 13.4. The van der Waals surface area contributed by atoms with Gasteiger partial charge in [-0.3, -0.25) is 9.59 Å². The van der Waals surface area contributed by atoms with E-state index in [0.29, 0.717) is 6.07 Å². The molecule has 0 aromatic heterocycles. The summed E-state index contributed by atoms with van der Waals surface area (Å²) in [5, 5.41) is 0. The minimum Gasteiger partial charge on any atom is -0.463 e. The van der Waals surface area contributed by atoms with Crippen LogP contribution in [0.4, 0.5) is 8.78 Å². The molecular formula is C15H18F2O4. The maximum Gasteiger partial charge on any atom is 0.306 e. The van der Waals surface area contributed by atoms with E-state index in [0.717, 1.165) is 12.1 Å². The molecule has 21 heavy (non-hydrogen) atoms. The Balaban J connectivity index is 2.34. The first-order valence-electron chi connectivity index (χ1n) is 6.65. The lowest BCUT2D eigenvalue weighted by Gasteiger charge is -2.08. The molecule has 0 heterocycles. The Bertz CT molecular complexity index is 500. The Kier molecular flexibility index (Phi) is 6.94. The summed E-state index contributed by atoms with van der Waals surface area (Å²) in [4.78, 5) is 23.1. The molecule has 0 atom stereocenters. The quantitative estimate of drug-likeness (QED) is 0.421. The van der Waals surface area contributed by atoms with Gasteiger partial charge in [-0.05, 0) is 26.0 Å². The van der Waals surface area contributed by atoms with E-state index >= 15 is 0 Å². The smallest absolute Gasteiger partial charge is 0.306 e. The van der Waals surface area contributed by atoms with Crippen LogP contribution in [0.2, 0.25) is 0 Å². The Labute approximate surface area is 122 Å². The molecule has 0 radical (unpaired) electrons. The Morgan fingerprint density at radius 1 is 1.14 bits per heavy atom. The number of carbonyl (C=O) groups is 2. The number of hydrogen-bond acceptors (Lipinski definition) is 4. The third-order valence-electron chi connectivity index (χ3n) is 2.59. The first-order valence-corrected chi connectivity index (χ1v) is 6.65. The fourth-order valence-electron chi connectivity index (χ4n) is 1.58. The van der Waals surface area contributed by atoms with Crippen LogP contribution >= 0.6 is 0 Å². The van der Waals surface area contributed by atoms with Gasteiger partial charge in [-0.15, -0.1) is 0 Å². The van der Waals surface area contributed by atoms with Crippen LogP contribution in [-0.2, 0) is 14.3 Å². The van der Waals surface area contributed by atoms with E-state index < -0.39 is 23.4 Å². The predicted molar refractivity (Wildman–Crippen MR) is 72.0 cm³/mol. The average molecular weight is 300 g/mol. The monoisotopic (exact) mass is 300 g/mol. The molecule has 0 fully saturated rings. The lowest BCUT2D eigenvalue weighted by molar-refractivity contribution is -0.145. The van der Waals surface area contributed by atoms with Crippen molar-refractivity contribution in [2.75, 3.05) is 13.2 Å². The highest BCUT2D eigenvalue weighted by Crippen LogP contribution is 2.13. The molecule has 1 aromatic rings. The van der Waals surface area contributed by atoms with E-state index in [9.17, 15) is 18.4 Å². The fourth-order valence-corrected chi connectivity index (χ4v) is 1.58. The number of esters is 1. The first-order chi connectivity index (χ1) is 9.90. The van der Waals surface area contributed by atoms with Gasteiger partial charge in [0, 0.05) is 12.5 Å². The molecule has 0 spiro atoms. The second-order valence-corrected chi connectivity index (χ2v) is 4.69. The molecule has 0 bridgehead atoms. The maximum absolute atomic E-state index is 13.4. The zero-order chi connectivity index (χ0) is 15.8. The molecule has 1 aromatic carbocycles. The van der Waals surface area contributed by atoms with E-state index in [4.69, 9.17) is 9.47 Å². The van der Waals surface area contributed by atoms with Gasteiger partial charge in [0.2, 0.25) is 0 Å². The van der Waals surface area contributed by atoms with Crippen molar-refractivity contribution in [3.8, 4) is 0 Å². The summed E-state index contributed by atoms with van der Waals surface area (Å²) in [6.07, 6.45) is -0.296. The molecular weight excluding hydrogens is 282 g/mol. The number of ketones is 1. The molecule has 0 saturated heterocycles. The fraction of sp³-hybridized carbons (Fsp3) is 0.467. The van der Waals surface area contributed by atoms with Gasteiger partial charge in [0.05, 0.1) is 24.7 Å². The minimum atomic E-state index is -0.932. The third-order valence-corrected chi connectivity index (χ3v) is 2.59. The summed E-state index contributed by atoms with van der Waals surface area (Å²) < 4.78 is 36.1. The summed E-state index contributed by atoms with van der Waals surface area (Å²) >= 11 is 0. The van der Waals surface area contributed by atoms with E-state index in [1.165, 1.54) is 0 Å². The predicted octanol–water partition coefficient (Wildman–Crippen LogP) is 2.90. The van der Waals surface area contributed by atoms with Gasteiger partial charge in [0.1, 0.15) is 18.2 Å². The van der Waals surface area contributed by atoms with E-state index in [1.54, 1.807) is 0 Å². The standard InChI is InChI=1S/C15H18F2O4/c1-10(2)20-7-8-21-15(19)6-5-14(18)12-4-3-11(16)9-13(12)17/h3-4,9-10H,5-8H2,1-2H3. The molecule has 0 amide bonds. The average Bonchev–Trinajstić information content (AvgIpc) is 2.40. The molecule has 0 aliphatic heterocycles. The van der Waals surface area contributed by atoms with Crippen LogP contribution in [0.1, 0.15) is 37.0 Å². The van der Waals surface area contributed by atoms with Crippen LogP contribution in [0.25, 0.3) is 0 Å². The van der Waals surface area contributed by atoms with Crippen LogP contribution in [0.5, 0.6) is 0 Å². The summed E-state index contributed by atoms with van der Waals surface area (Å²) in [7, 11) is 0. The van der Waals surface area contributed by atoms with Gasteiger partial charge in [0.25, 0.3) is 0 Å². The van der Waals surface area contributed by atoms with Crippen molar-refractivity contribution in [1.29, 1.82) is 0 Å². The Morgan fingerprint density at radius 2 is 1.86 bits per heavy atom. The van der Waals surface area contributed by atoms with Gasteiger partial charge < -0.3 is 9.47 Å². The molecule has 0 N–H and O–H groups in total. The molecule has 0 saturated carbocycles. The van der Waals surface area contributed by atoms with Crippen LogP contribution in [-0.4, -0.2) is 31.1 Å². The summed E-state index contributed by atoms with van der Waals surface area (Å²) in [5.41, 5.74) is -0.229. The van der Waals surface area contributed by atoms with Crippen molar-refractivity contribution >= 4 is 11.8 Å². The number of rotatable bonds is 8. The molecule has 6 heteroatoms. The lowest BCUT2D eigenvalue weighted by Crippen LogP contribution is -2.14. The van der Waals surface area contributed by atoms with Gasteiger partial charge in [0.15, 0.2) is 5.78 Å². The van der Waals surface area contributed by atoms with E-state index in [2.05, 4.69) is 0 Å². The number of hydrogen-bond donors (Lipinski definition) is 0. The van der Waals surface area contributed by atoms with E-state index in [-0.39, 0.29) is 37.7 Å². The molecule has 0 aliphatic rings. The zero-order valence-electron chi connectivity index (χ0n) is 12.0. The zero-order valence-corrected chi connectivity index (χ0v) is 12.0. The number of Topliss-reactive ketones (excluding diaryl/α,β-unsaturated/α-hetero) is 1. The Hall–Kier alpha value is -1.82. The SMILES string of the molecule is CC(C)OCCOC(=O)CCC(=O)c1ccc(F)cc1F. The normalized spacial score (nSPS) is 10.7. The van der Waals surface area contributed by atoms with Crippen molar-refractivity contribution in [2.24, 2.45) is 0 Å². The highest BCUT2D eigenvalue weighted by atomic mass is 19.1. The number of benzene rings is 1. The topological polar surface area (TPSA) is 52.6 Å². The van der Waals surface area contributed by atoms with Crippen LogP contribution in [0, 0.1) is 11.6 Å². The van der Waals surface area contributed by atoms with Crippen molar-refractivity contribution in [3.05, 3.63) is 35.4 Å². The summed E-state index contributed by atoms with van der Waals surface area (Å²) in [6.45, 7) is 4.11. The van der Waals surface area contributed by atoms with Gasteiger partial charge >= 0.3 is 5.97 Å². The van der Waals surface area contributed by atoms with Crippen LogP contribution in [0.3, 0.4) is 0 Å². The van der Waals surface area contributed by atoms with Gasteiger partial charge in [-0.2, -0.15) is 0 Å².